The van der Waals surface area contributed by atoms with Crippen LogP contribution < -0.4 is 0 Å². The fourth-order valence-electron chi connectivity index (χ4n) is 0.735. The van der Waals surface area contributed by atoms with Crippen molar-refractivity contribution in [3.8, 4) is 0 Å². The van der Waals surface area contributed by atoms with E-state index in [4.69, 9.17) is 9.31 Å². The second-order valence-corrected chi connectivity index (χ2v) is 1.93. The first-order valence-corrected chi connectivity index (χ1v) is 3.50. The van der Waals surface area contributed by atoms with Gasteiger partial charge in [-0.3, -0.25) is 9.98 Å². The van der Waals surface area contributed by atoms with Gasteiger partial charge in [-0.15, -0.1) is 0 Å². The summed E-state index contributed by atoms with van der Waals surface area (Å²) >= 11 is 0. The summed E-state index contributed by atoms with van der Waals surface area (Å²) in [6, 6.07) is 0. The Morgan fingerprint density at radius 3 is 2.33 bits per heavy atom. The molecule has 0 aromatic rings. The predicted molar refractivity (Wildman–Crippen MR) is 51.6 cm³/mol. The van der Waals surface area contributed by atoms with Crippen molar-refractivity contribution in [3.05, 3.63) is 11.8 Å². The molecule has 5 heteroatoms. The minimum atomic E-state index is -0.480. The van der Waals surface area contributed by atoms with Crippen LogP contribution in [0.3, 0.4) is 0 Å². The monoisotopic (exact) mass is 168 g/mol. The van der Waals surface area contributed by atoms with Gasteiger partial charge in [0, 0.05) is 26.6 Å². The highest BCUT2D eigenvalue weighted by atomic mass is 16.6. The van der Waals surface area contributed by atoms with Crippen molar-refractivity contribution in [1.82, 2.24) is 0 Å². The van der Waals surface area contributed by atoms with Gasteiger partial charge in [-0.05, 0) is 13.6 Å². The van der Waals surface area contributed by atoms with Crippen LogP contribution in [0, 0.1) is 0 Å². The molecule has 0 atom stereocenters. The summed E-state index contributed by atoms with van der Waals surface area (Å²) in [5, 5.41) is 0. The first-order chi connectivity index (χ1) is 5.79. The van der Waals surface area contributed by atoms with Crippen LogP contribution in [0.5, 0.6) is 0 Å². The molecule has 0 N–H and O–H groups in total. The van der Waals surface area contributed by atoms with Gasteiger partial charge in [-0.2, -0.15) is 0 Å². The smallest absolute Gasteiger partial charge is 0.409 e. The molecule has 0 fully saturated rings. The van der Waals surface area contributed by atoms with Gasteiger partial charge in [-0.25, -0.2) is 0 Å². The Bertz CT molecular complexity index is 188. The highest BCUT2D eigenvalue weighted by Gasteiger charge is 2.20. The summed E-state index contributed by atoms with van der Waals surface area (Å²) in [5.74, 6) is 0. The molecule has 0 amide bonds. The maximum Gasteiger partial charge on any atom is 0.514 e. The number of hydrogen-bond donors (Lipinski definition) is 0. The van der Waals surface area contributed by atoms with E-state index in [1.165, 1.54) is 20.4 Å². The van der Waals surface area contributed by atoms with Crippen LogP contribution in [0.15, 0.2) is 21.8 Å². The van der Waals surface area contributed by atoms with Gasteiger partial charge in [0.05, 0.1) is 5.60 Å². The molecule has 0 saturated carbocycles. The lowest BCUT2D eigenvalue weighted by Gasteiger charge is -2.06. The Kier molecular flexibility index (Phi) is 6.23. The molecule has 0 aromatic carbocycles. The van der Waals surface area contributed by atoms with Gasteiger partial charge in [0.2, 0.25) is 0 Å². The Labute approximate surface area is 73.1 Å². The molecule has 12 heavy (non-hydrogen) atoms. The van der Waals surface area contributed by atoms with E-state index in [0.29, 0.717) is 5.60 Å². The molecule has 0 spiro atoms. The van der Waals surface area contributed by atoms with E-state index in [1.807, 2.05) is 0 Å². The molecular weight excluding hydrogens is 155 g/mol. The van der Waals surface area contributed by atoms with E-state index in [-0.39, 0.29) is 0 Å². The van der Waals surface area contributed by atoms with Crippen molar-refractivity contribution in [2.24, 2.45) is 9.98 Å². The third kappa shape index (κ3) is 3.45. The minimum absolute atomic E-state index is 0.480. The molecule has 0 rings (SSSR count). The largest absolute Gasteiger partial charge is 0.514 e. The Hall–Kier alpha value is -0.935. The zero-order valence-corrected chi connectivity index (χ0v) is 7.65. The fourth-order valence-corrected chi connectivity index (χ4v) is 0.735. The van der Waals surface area contributed by atoms with Crippen molar-refractivity contribution in [2.45, 2.75) is 6.92 Å². The van der Waals surface area contributed by atoms with Crippen LogP contribution in [0.25, 0.3) is 0 Å². The fraction of sp³-hybridized carbons (Fsp3) is 0.429. The van der Waals surface area contributed by atoms with E-state index >= 15 is 0 Å². The van der Waals surface area contributed by atoms with Crippen LogP contribution in [0.1, 0.15) is 6.92 Å². The highest BCUT2D eigenvalue weighted by molar-refractivity contribution is 6.53. The summed E-state index contributed by atoms with van der Waals surface area (Å²) in [6.07, 6.45) is 3.14. The highest BCUT2D eigenvalue weighted by Crippen LogP contribution is 2.03. The molecule has 0 unspecified atom stereocenters. The predicted octanol–water partition coefficient (Wildman–Crippen LogP) is 0.939. The van der Waals surface area contributed by atoms with Crippen molar-refractivity contribution in [3.63, 3.8) is 0 Å². The van der Waals surface area contributed by atoms with Crippen molar-refractivity contribution >= 4 is 20.1 Å². The number of aliphatic imine (C=N–C) groups is 2. The SMILES string of the molecule is C=N/C=C(\N=CC)B(OC)OC. The van der Waals surface area contributed by atoms with E-state index in [0.717, 1.165) is 0 Å². The van der Waals surface area contributed by atoms with Crippen LogP contribution in [-0.2, 0) is 9.31 Å². The van der Waals surface area contributed by atoms with Crippen molar-refractivity contribution in [1.29, 1.82) is 0 Å². The Morgan fingerprint density at radius 2 is 2.00 bits per heavy atom. The van der Waals surface area contributed by atoms with Gasteiger partial charge in [0.1, 0.15) is 0 Å². The molecule has 0 radical (unpaired) electrons. The third-order valence-electron chi connectivity index (χ3n) is 1.17. The maximum atomic E-state index is 4.97. The number of rotatable bonds is 5. The molecular formula is C7H13BN2O2. The molecule has 0 aromatic heterocycles. The quantitative estimate of drug-likeness (QED) is 0.452. The Morgan fingerprint density at radius 1 is 1.42 bits per heavy atom. The van der Waals surface area contributed by atoms with Crippen LogP contribution in [0.2, 0.25) is 0 Å². The standard InChI is InChI=1S/C7H13BN2O2/c1-5-10-7(6-9-2)8(11-3)12-4/h5-6H,2H2,1,3-4H3/b7-6-,10-5?. The normalized spacial score (nSPS) is 12.1. The second-order valence-electron chi connectivity index (χ2n) is 1.93. The van der Waals surface area contributed by atoms with Gasteiger partial charge in [-0.1, -0.05) is 0 Å². The van der Waals surface area contributed by atoms with Gasteiger partial charge in [0.25, 0.3) is 0 Å². The molecule has 66 valence electrons. The Balaban J connectivity index is 4.46. The number of nitrogens with zero attached hydrogens (tertiary/aromatic N) is 2. The number of hydrogen-bond acceptors (Lipinski definition) is 4. The summed E-state index contributed by atoms with van der Waals surface area (Å²) in [6.45, 7) is 5.13. The topological polar surface area (TPSA) is 43.2 Å². The summed E-state index contributed by atoms with van der Waals surface area (Å²) < 4.78 is 9.95. The van der Waals surface area contributed by atoms with Crippen molar-refractivity contribution in [2.75, 3.05) is 14.2 Å². The lowest BCUT2D eigenvalue weighted by molar-refractivity contribution is 0.286. The van der Waals surface area contributed by atoms with Gasteiger partial charge in [0.15, 0.2) is 0 Å². The summed E-state index contributed by atoms with van der Waals surface area (Å²) in [5.41, 5.74) is 0.595. The van der Waals surface area contributed by atoms with E-state index in [1.54, 1.807) is 13.1 Å². The summed E-state index contributed by atoms with van der Waals surface area (Å²) in [7, 11) is 2.60. The van der Waals surface area contributed by atoms with E-state index in [2.05, 4.69) is 16.7 Å². The molecule has 0 aliphatic rings. The minimum Gasteiger partial charge on any atom is -0.409 e. The molecule has 0 aliphatic heterocycles. The first-order valence-electron chi connectivity index (χ1n) is 3.50. The van der Waals surface area contributed by atoms with Crippen LogP contribution >= 0.6 is 0 Å². The average molecular weight is 168 g/mol. The van der Waals surface area contributed by atoms with Gasteiger partial charge < -0.3 is 9.31 Å². The lowest BCUT2D eigenvalue weighted by atomic mass is 9.85. The third-order valence-corrected chi connectivity index (χ3v) is 1.17. The zero-order valence-electron chi connectivity index (χ0n) is 7.65. The van der Waals surface area contributed by atoms with Crippen LogP contribution in [0.4, 0.5) is 0 Å². The van der Waals surface area contributed by atoms with Crippen LogP contribution in [-0.4, -0.2) is 34.3 Å². The van der Waals surface area contributed by atoms with Crippen molar-refractivity contribution < 1.29 is 9.31 Å². The first kappa shape index (κ1) is 11.1. The molecule has 0 aliphatic carbocycles. The van der Waals surface area contributed by atoms with Gasteiger partial charge >= 0.3 is 7.12 Å². The molecule has 0 bridgehead atoms. The maximum absolute atomic E-state index is 4.97. The zero-order chi connectivity index (χ0) is 9.40. The molecule has 0 saturated heterocycles. The second kappa shape index (κ2) is 6.76. The van der Waals surface area contributed by atoms with E-state index < -0.39 is 7.12 Å². The lowest BCUT2D eigenvalue weighted by Crippen LogP contribution is -2.21. The average Bonchev–Trinajstić information content (AvgIpc) is 2.07. The van der Waals surface area contributed by atoms with E-state index in [9.17, 15) is 0 Å². The summed E-state index contributed by atoms with van der Waals surface area (Å²) in [4.78, 5) is 7.59. The molecule has 0 heterocycles. The molecule has 4 nitrogen and oxygen atoms in total.